The molecule has 0 saturated carbocycles. The van der Waals surface area contributed by atoms with E-state index in [1.807, 2.05) is 17.9 Å². The molecule has 50 heavy (non-hydrogen) atoms. The summed E-state index contributed by atoms with van der Waals surface area (Å²) in [5.41, 5.74) is -0.627. The van der Waals surface area contributed by atoms with Gasteiger partial charge in [-0.25, -0.2) is 4.79 Å². The van der Waals surface area contributed by atoms with E-state index >= 15 is 0 Å². The molecule has 0 radical (unpaired) electrons. The number of rotatable bonds is 8. The van der Waals surface area contributed by atoms with Crippen molar-refractivity contribution in [2.24, 2.45) is 0 Å². The van der Waals surface area contributed by atoms with Crippen molar-refractivity contribution in [1.29, 1.82) is 0 Å². The number of aromatic nitrogens is 4. The number of hydrogen-bond acceptors (Lipinski definition) is 9. The lowest BCUT2D eigenvalue weighted by Gasteiger charge is -2.37. The second-order valence-electron chi connectivity index (χ2n) is 12.7. The molecule has 2 aliphatic heterocycles. The molecule has 4 heterocycles. The monoisotopic (exact) mass is 722 g/mol. The van der Waals surface area contributed by atoms with Gasteiger partial charge in [-0.15, -0.1) is 5.10 Å². The van der Waals surface area contributed by atoms with Crippen LogP contribution in [0.1, 0.15) is 51.2 Å². The Kier molecular flexibility index (Phi) is 10.8. The van der Waals surface area contributed by atoms with Crippen molar-refractivity contribution in [2.75, 3.05) is 56.2 Å². The topological polar surface area (TPSA) is 152 Å². The highest BCUT2D eigenvalue weighted by molar-refractivity contribution is 6.33. The summed E-state index contributed by atoms with van der Waals surface area (Å²) in [4.78, 5) is 60.5. The van der Waals surface area contributed by atoms with Crippen LogP contribution >= 0.6 is 11.6 Å². The molecule has 0 bridgehead atoms. The summed E-state index contributed by atoms with van der Waals surface area (Å²) in [6.07, 6.45) is -2.68. The number of ether oxygens (including phenoxy) is 2. The molecule has 14 nitrogen and oxygen atoms in total. The van der Waals surface area contributed by atoms with Crippen molar-refractivity contribution in [1.82, 2.24) is 29.4 Å². The first kappa shape index (κ1) is 36.6. The highest BCUT2D eigenvalue weighted by Crippen LogP contribution is 2.34. The molecule has 0 atom stereocenters. The second-order valence-corrected chi connectivity index (χ2v) is 13.1. The number of alkyl halides is 3. The van der Waals surface area contributed by atoms with Gasteiger partial charge in [0.15, 0.2) is 5.82 Å². The van der Waals surface area contributed by atoms with Gasteiger partial charge in [-0.1, -0.05) is 24.6 Å². The molecule has 5 rings (SSSR count). The Morgan fingerprint density at radius 3 is 2.42 bits per heavy atom. The highest BCUT2D eigenvalue weighted by Gasteiger charge is 2.32. The first-order valence-electron chi connectivity index (χ1n) is 16.0. The number of nitrogens with zero attached hydrogens (tertiary/aromatic N) is 6. The number of carbonyl (C=O) groups is 3. The summed E-state index contributed by atoms with van der Waals surface area (Å²) >= 11 is 6.10. The Balaban J connectivity index is 1.43. The maximum atomic E-state index is 14.1. The summed E-state index contributed by atoms with van der Waals surface area (Å²) in [5, 5.41) is 9.26. The van der Waals surface area contributed by atoms with Gasteiger partial charge in [-0.05, 0) is 57.4 Å². The first-order chi connectivity index (χ1) is 23.6. The lowest BCUT2D eigenvalue weighted by molar-refractivity contribution is -0.137. The largest absolute Gasteiger partial charge is 0.444 e. The molecule has 3 amide bonds. The Bertz CT molecular complexity index is 1880. The minimum absolute atomic E-state index is 0.0172. The Hall–Kier alpha value is -4.64. The SMILES string of the molecule is CCc1c(N2CCN(C(=O)CNC(=O)OC(C)(C)C)CC2)c(=O)n2nc(C3=CCOCC3)nc2n1CC(=O)Nc1ccc(C(F)(F)F)cc1Cl. The van der Waals surface area contributed by atoms with Crippen molar-refractivity contribution >= 4 is 52.2 Å². The lowest BCUT2D eigenvalue weighted by Crippen LogP contribution is -2.53. The fourth-order valence-electron chi connectivity index (χ4n) is 5.67. The van der Waals surface area contributed by atoms with E-state index in [-0.39, 0.29) is 67.4 Å². The maximum absolute atomic E-state index is 14.1. The van der Waals surface area contributed by atoms with Crippen LogP contribution in [0.15, 0.2) is 29.1 Å². The predicted molar refractivity (Wildman–Crippen MR) is 178 cm³/mol. The number of fused-ring (bicyclic) bond motifs is 1. The summed E-state index contributed by atoms with van der Waals surface area (Å²) in [6, 6.07) is 2.63. The summed E-state index contributed by atoms with van der Waals surface area (Å²) in [5.74, 6) is -0.532. The van der Waals surface area contributed by atoms with Crippen LogP contribution < -0.4 is 21.1 Å². The third kappa shape index (κ3) is 8.38. The minimum atomic E-state index is -4.61. The van der Waals surface area contributed by atoms with Crippen molar-refractivity contribution < 1.29 is 37.0 Å². The molecule has 2 aliphatic rings. The van der Waals surface area contributed by atoms with Gasteiger partial charge in [0.1, 0.15) is 24.4 Å². The van der Waals surface area contributed by atoms with Gasteiger partial charge in [-0.3, -0.25) is 14.4 Å². The van der Waals surface area contributed by atoms with Gasteiger partial charge in [0.2, 0.25) is 17.6 Å². The van der Waals surface area contributed by atoms with Crippen LogP contribution in [0, 0.1) is 0 Å². The van der Waals surface area contributed by atoms with Crippen LogP contribution in [0.2, 0.25) is 5.02 Å². The smallest absolute Gasteiger partial charge is 0.416 e. The van der Waals surface area contributed by atoms with Crippen molar-refractivity contribution in [3.05, 3.63) is 56.7 Å². The molecular weight excluding hydrogens is 685 g/mol. The van der Waals surface area contributed by atoms with E-state index in [2.05, 4.69) is 20.7 Å². The lowest BCUT2D eigenvalue weighted by atomic mass is 10.1. The van der Waals surface area contributed by atoms with E-state index in [4.69, 9.17) is 21.1 Å². The number of nitrogens with one attached hydrogen (secondary N) is 2. The minimum Gasteiger partial charge on any atom is -0.444 e. The van der Waals surface area contributed by atoms with Crippen LogP contribution in [0.5, 0.6) is 0 Å². The van der Waals surface area contributed by atoms with Crippen LogP contribution in [0.25, 0.3) is 11.4 Å². The van der Waals surface area contributed by atoms with E-state index in [0.717, 1.165) is 28.3 Å². The van der Waals surface area contributed by atoms with E-state index in [0.29, 0.717) is 37.6 Å². The van der Waals surface area contributed by atoms with E-state index in [9.17, 15) is 32.3 Å². The van der Waals surface area contributed by atoms with Gasteiger partial charge in [0, 0.05) is 26.2 Å². The van der Waals surface area contributed by atoms with E-state index in [1.54, 1.807) is 30.2 Å². The fourth-order valence-corrected chi connectivity index (χ4v) is 5.90. The molecule has 0 spiro atoms. The molecule has 18 heteroatoms. The zero-order valence-corrected chi connectivity index (χ0v) is 28.8. The standard InChI is InChI=1S/C32H38ClF3N8O6/c1-5-23-26(42-12-10-41(11-13-42)25(46)17-37-30(48)50-31(2,3)4)28(47)44-29(39-27(40-44)19-8-14-49-15-9-19)43(23)18-24(45)38-22-7-6-20(16-21(22)33)32(34,35)36/h6-8,16H,5,9-15,17-18H2,1-4H3,(H,37,48)(H,38,45). The highest BCUT2D eigenvalue weighted by atomic mass is 35.5. The molecule has 2 aromatic heterocycles. The zero-order valence-electron chi connectivity index (χ0n) is 28.0. The van der Waals surface area contributed by atoms with Crippen molar-refractivity contribution in [2.45, 2.75) is 58.9 Å². The number of piperazine rings is 1. The van der Waals surface area contributed by atoms with E-state index in [1.165, 1.54) is 0 Å². The first-order valence-corrected chi connectivity index (χ1v) is 16.4. The van der Waals surface area contributed by atoms with Gasteiger partial charge in [0.05, 0.1) is 35.2 Å². The number of carbonyl (C=O) groups excluding carboxylic acids is 3. The number of hydrogen-bond donors (Lipinski definition) is 2. The number of alkyl carbamates (subject to hydrolysis) is 1. The number of benzene rings is 1. The molecule has 0 aliphatic carbocycles. The second kappa shape index (κ2) is 14.7. The average molecular weight is 723 g/mol. The van der Waals surface area contributed by atoms with Crippen LogP contribution in [0.3, 0.4) is 0 Å². The van der Waals surface area contributed by atoms with Crippen LogP contribution in [-0.4, -0.2) is 93.5 Å². The zero-order chi connectivity index (χ0) is 36.4. The van der Waals surface area contributed by atoms with E-state index < -0.39 is 34.9 Å². The Labute approximate surface area is 290 Å². The van der Waals surface area contributed by atoms with Crippen molar-refractivity contribution in [3.8, 4) is 0 Å². The quantitative estimate of drug-likeness (QED) is 0.354. The molecule has 2 N–H and O–H groups in total. The summed E-state index contributed by atoms with van der Waals surface area (Å²) in [6.45, 7) is 8.17. The third-order valence-electron chi connectivity index (χ3n) is 8.01. The molecule has 1 fully saturated rings. The summed E-state index contributed by atoms with van der Waals surface area (Å²) < 4.78 is 52.8. The fraction of sp³-hybridized carbons (Fsp3) is 0.500. The molecule has 1 saturated heterocycles. The average Bonchev–Trinajstić information content (AvgIpc) is 3.51. The predicted octanol–water partition coefficient (Wildman–Crippen LogP) is 3.74. The van der Waals surface area contributed by atoms with Gasteiger partial charge < -0.3 is 34.5 Å². The number of halogens is 4. The van der Waals surface area contributed by atoms with Crippen LogP contribution in [-0.2, 0) is 38.2 Å². The maximum Gasteiger partial charge on any atom is 0.416 e. The third-order valence-corrected chi connectivity index (χ3v) is 8.33. The molecule has 0 unspecified atom stereocenters. The van der Waals surface area contributed by atoms with Gasteiger partial charge in [-0.2, -0.15) is 22.7 Å². The van der Waals surface area contributed by atoms with Gasteiger partial charge >= 0.3 is 12.3 Å². The summed E-state index contributed by atoms with van der Waals surface area (Å²) in [7, 11) is 0. The normalized spacial score (nSPS) is 15.6. The van der Waals surface area contributed by atoms with Crippen LogP contribution in [0.4, 0.5) is 29.3 Å². The molecule has 270 valence electrons. The van der Waals surface area contributed by atoms with Gasteiger partial charge in [0.25, 0.3) is 5.56 Å². The molecular formula is C32H38ClF3N8O6. The number of anilines is 2. The molecule has 1 aromatic carbocycles. The molecule has 3 aromatic rings. The Morgan fingerprint density at radius 1 is 1.10 bits per heavy atom. The Morgan fingerprint density at radius 2 is 1.82 bits per heavy atom. The van der Waals surface area contributed by atoms with Crippen molar-refractivity contribution in [3.63, 3.8) is 0 Å². The number of amides is 3.